The summed E-state index contributed by atoms with van der Waals surface area (Å²) in [5, 5.41) is 0. The first kappa shape index (κ1) is 18.0. The van der Waals surface area contributed by atoms with Crippen LogP contribution in [0.25, 0.3) is 0 Å². The van der Waals surface area contributed by atoms with Crippen LogP contribution in [0.15, 0.2) is 36.4 Å². The van der Waals surface area contributed by atoms with Crippen LogP contribution in [0, 0.1) is 6.92 Å². The average Bonchev–Trinajstić information content (AvgIpc) is 3.36. The summed E-state index contributed by atoms with van der Waals surface area (Å²) < 4.78 is 0. The third kappa shape index (κ3) is 3.39. The Labute approximate surface area is 169 Å². The van der Waals surface area contributed by atoms with Gasteiger partial charge in [0.25, 0.3) is 0 Å². The summed E-state index contributed by atoms with van der Waals surface area (Å²) >= 11 is 0. The zero-order chi connectivity index (χ0) is 19.1. The molecule has 28 heavy (non-hydrogen) atoms. The van der Waals surface area contributed by atoms with Gasteiger partial charge < -0.3 is 9.80 Å². The van der Waals surface area contributed by atoms with Gasteiger partial charge in [0.2, 0.25) is 0 Å². The van der Waals surface area contributed by atoms with E-state index in [0.29, 0.717) is 0 Å². The van der Waals surface area contributed by atoms with Crippen LogP contribution < -0.4 is 9.80 Å². The van der Waals surface area contributed by atoms with Crippen molar-refractivity contribution in [3.8, 4) is 0 Å². The van der Waals surface area contributed by atoms with Crippen LogP contribution in [-0.2, 0) is 13.0 Å². The van der Waals surface area contributed by atoms with Gasteiger partial charge in [0.1, 0.15) is 5.82 Å². The molecule has 1 aromatic heterocycles. The molecule has 2 aromatic rings. The summed E-state index contributed by atoms with van der Waals surface area (Å²) in [5.41, 5.74) is 5.51. The van der Waals surface area contributed by atoms with E-state index in [2.05, 4.69) is 64.9 Å². The molecule has 0 saturated carbocycles. The van der Waals surface area contributed by atoms with Gasteiger partial charge in [-0.05, 0) is 81.5 Å². The van der Waals surface area contributed by atoms with Gasteiger partial charge in [-0.25, -0.2) is 4.98 Å². The second kappa shape index (κ2) is 7.40. The van der Waals surface area contributed by atoms with E-state index in [9.17, 15) is 0 Å². The molecule has 5 rings (SSSR count). The third-order valence-corrected chi connectivity index (χ3v) is 7.00. The number of pyridine rings is 1. The molecule has 0 unspecified atom stereocenters. The zero-order valence-electron chi connectivity index (χ0n) is 17.3. The van der Waals surface area contributed by atoms with Gasteiger partial charge >= 0.3 is 0 Å². The monoisotopic (exact) mass is 376 g/mol. The molecular formula is C24H32N4. The molecule has 2 fully saturated rings. The van der Waals surface area contributed by atoms with E-state index in [0.717, 1.165) is 43.1 Å². The highest BCUT2D eigenvalue weighted by molar-refractivity contribution is 5.54. The maximum absolute atomic E-state index is 4.72. The van der Waals surface area contributed by atoms with Gasteiger partial charge in [-0.2, -0.15) is 0 Å². The summed E-state index contributed by atoms with van der Waals surface area (Å²) in [4.78, 5) is 12.5. The lowest BCUT2D eigenvalue weighted by Crippen LogP contribution is -2.39. The minimum Gasteiger partial charge on any atom is -0.370 e. The van der Waals surface area contributed by atoms with Crippen molar-refractivity contribution in [2.75, 3.05) is 36.0 Å². The molecule has 0 spiro atoms. The van der Waals surface area contributed by atoms with Gasteiger partial charge in [0, 0.05) is 49.6 Å². The van der Waals surface area contributed by atoms with E-state index in [1.165, 1.54) is 55.7 Å². The SMILES string of the molecule is Cc1cccc(N2CCc3cc(N4CC[C@H](N5CCC[C@@H]5C)C4)ccc3C2)n1. The van der Waals surface area contributed by atoms with Crippen LogP contribution in [0.3, 0.4) is 0 Å². The molecule has 3 aliphatic rings. The second-order valence-electron chi connectivity index (χ2n) is 8.88. The first-order valence-electron chi connectivity index (χ1n) is 11.0. The topological polar surface area (TPSA) is 22.6 Å². The molecule has 4 heterocycles. The second-order valence-corrected chi connectivity index (χ2v) is 8.88. The summed E-state index contributed by atoms with van der Waals surface area (Å²) in [6.07, 6.45) is 5.18. The van der Waals surface area contributed by atoms with Crippen LogP contribution in [0.4, 0.5) is 11.5 Å². The zero-order valence-corrected chi connectivity index (χ0v) is 17.3. The number of aromatic nitrogens is 1. The number of hydrogen-bond acceptors (Lipinski definition) is 4. The number of benzene rings is 1. The molecule has 0 aliphatic carbocycles. The normalized spacial score (nSPS) is 25.4. The highest BCUT2D eigenvalue weighted by Crippen LogP contribution is 2.31. The van der Waals surface area contributed by atoms with Crippen molar-refractivity contribution in [1.29, 1.82) is 0 Å². The van der Waals surface area contributed by atoms with E-state index >= 15 is 0 Å². The number of anilines is 2. The summed E-state index contributed by atoms with van der Waals surface area (Å²) in [6, 6.07) is 15.0. The lowest BCUT2D eigenvalue weighted by Gasteiger charge is -2.31. The maximum Gasteiger partial charge on any atom is 0.129 e. The van der Waals surface area contributed by atoms with Crippen molar-refractivity contribution < 1.29 is 0 Å². The van der Waals surface area contributed by atoms with E-state index in [-0.39, 0.29) is 0 Å². The molecule has 4 nitrogen and oxygen atoms in total. The van der Waals surface area contributed by atoms with Crippen LogP contribution in [0.5, 0.6) is 0 Å². The van der Waals surface area contributed by atoms with Crippen molar-refractivity contribution in [2.45, 2.75) is 58.2 Å². The molecule has 1 aromatic carbocycles. The van der Waals surface area contributed by atoms with Crippen molar-refractivity contribution in [1.82, 2.24) is 9.88 Å². The molecule has 0 amide bonds. The molecule has 148 valence electrons. The van der Waals surface area contributed by atoms with Crippen LogP contribution in [-0.4, -0.2) is 48.1 Å². The quantitative estimate of drug-likeness (QED) is 0.807. The van der Waals surface area contributed by atoms with Gasteiger partial charge in [0.05, 0.1) is 0 Å². The van der Waals surface area contributed by atoms with Gasteiger partial charge in [-0.15, -0.1) is 0 Å². The Balaban J connectivity index is 1.28. The molecule has 3 aliphatic heterocycles. The first-order valence-corrected chi connectivity index (χ1v) is 11.0. The predicted molar refractivity (Wildman–Crippen MR) is 116 cm³/mol. The third-order valence-electron chi connectivity index (χ3n) is 7.00. The Hall–Kier alpha value is -2.07. The summed E-state index contributed by atoms with van der Waals surface area (Å²) in [6.45, 7) is 10.2. The molecular weight excluding hydrogens is 344 g/mol. The van der Waals surface area contributed by atoms with Crippen LogP contribution in [0.2, 0.25) is 0 Å². The Bertz CT molecular complexity index is 848. The fourth-order valence-electron chi connectivity index (χ4n) is 5.38. The van der Waals surface area contributed by atoms with Crippen molar-refractivity contribution >= 4 is 11.5 Å². The van der Waals surface area contributed by atoms with Crippen molar-refractivity contribution in [3.05, 3.63) is 53.2 Å². The van der Waals surface area contributed by atoms with Crippen LogP contribution >= 0.6 is 0 Å². The average molecular weight is 377 g/mol. The van der Waals surface area contributed by atoms with Gasteiger partial charge in [-0.1, -0.05) is 12.1 Å². The molecule has 2 atom stereocenters. The van der Waals surface area contributed by atoms with Crippen molar-refractivity contribution in [2.24, 2.45) is 0 Å². The van der Waals surface area contributed by atoms with Crippen LogP contribution in [0.1, 0.15) is 43.0 Å². The minimum absolute atomic E-state index is 0.747. The highest BCUT2D eigenvalue weighted by Gasteiger charge is 2.33. The molecule has 0 radical (unpaired) electrons. The lowest BCUT2D eigenvalue weighted by molar-refractivity contribution is 0.204. The standard InChI is InChI=1S/C24H32N4/c1-18-5-3-7-24(25-18)27-13-10-20-15-22(9-8-21(20)16-27)26-14-11-23(17-26)28-12-4-6-19(28)2/h3,5,7-9,15,19,23H,4,6,10-14,16-17H2,1-2H3/t19-,23-/m0/s1. The Morgan fingerprint density at radius 3 is 2.71 bits per heavy atom. The summed E-state index contributed by atoms with van der Waals surface area (Å²) in [7, 11) is 0. The number of aryl methyl sites for hydroxylation is 1. The Morgan fingerprint density at radius 1 is 0.964 bits per heavy atom. The minimum atomic E-state index is 0.747. The number of hydrogen-bond donors (Lipinski definition) is 0. The molecule has 2 saturated heterocycles. The molecule has 4 heteroatoms. The number of likely N-dealkylation sites (tertiary alicyclic amines) is 1. The predicted octanol–water partition coefficient (Wildman–Crippen LogP) is 4.02. The number of rotatable bonds is 3. The number of nitrogens with zero attached hydrogens (tertiary/aromatic N) is 4. The maximum atomic E-state index is 4.72. The smallest absolute Gasteiger partial charge is 0.129 e. The fraction of sp³-hybridized carbons (Fsp3) is 0.542. The van der Waals surface area contributed by atoms with Gasteiger partial charge in [-0.3, -0.25) is 4.90 Å². The molecule has 0 N–H and O–H groups in total. The fourth-order valence-corrected chi connectivity index (χ4v) is 5.38. The molecule has 0 bridgehead atoms. The van der Waals surface area contributed by atoms with E-state index in [1.54, 1.807) is 0 Å². The van der Waals surface area contributed by atoms with Gasteiger partial charge in [0.15, 0.2) is 0 Å². The van der Waals surface area contributed by atoms with E-state index in [4.69, 9.17) is 4.98 Å². The Morgan fingerprint density at radius 2 is 1.89 bits per heavy atom. The van der Waals surface area contributed by atoms with Crippen molar-refractivity contribution in [3.63, 3.8) is 0 Å². The largest absolute Gasteiger partial charge is 0.370 e. The first-order chi connectivity index (χ1) is 13.7. The highest BCUT2D eigenvalue weighted by atomic mass is 15.3. The van der Waals surface area contributed by atoms with E-state index in [1.807, 2.05) is 0 Å². The lowest BCUT2D eigenvalue weighted by atomic mass is 9.98. The summed E-state index contributed by atoms with van der Waals surface area (Å²) in [5.74, 6) is 1.11. The van der Waals surface area contributed by atoms with E-state index < -0.39 is 0 Å². The Kier molecular flexibility index (Phi) is 4.75. The number of fused-ring (bicyclic) bond motifs is 1.